The van der Waals surface area contributed by atoms with Crippen LogP contribution in [0.3, 0.4) is 0 Å². The minimum Gasteiger partial charge on any atom is -0.496 e. The number of amides is 2. The molecule has 1 aromatic carbocycles. The Labute approximate surface area is 147 Å². The van der Waals surface area contributed by atoms with Crippen LogP contribution in [0.2, 0.25) is 0 Å². The lowest BCUT2D eigenvalue weighted by Gasteiger charge is -2.19. The van der Waals surface area contributed by atoms with Crippen molar-refractivity contribution in [2.75, 3.05) is 20.7 Å². The van der Waals surface area contributed by atoms with Crippen molar-refractivity contribution in [1.29, 1.82) is 0 Å². The van der Waals surface area contributed by atoms with Gasteiger partial charge >= 0.3 is 0 Å². The Morgan fingerprint density at radius 2 is 1.88 bits per heavy atom. The van der Waals surface area contributed by atoms with E-state index in [-0.39, 0.29) is 18.4 Å². The maximum absolute atomic E-state index is 12.3. The van der Waals surface area contributed by atoms with E-state index < -0.39 is 0 Å². The number of ether oxygens (including phenoxy) is 1. The third-order valence-electron chi connectivity index (χ3n) is 4.00. The monoisotopic (exact) mass is 341 g/mol. The number of nitrogens with zero attached hydrogens (tertiary/aromatic N) is 2. The molecule has 0 saturated carbocycles. The first-order valence-corrected chi connectivity index (χ1v) is 8.00. The van der Waals surface area contributed by atoms with Gasteiger partial charge in [0.05, 0.1) is 25.9 Å². The Morgan fingerprint density at radius 3 is 2.52 bits per heavy atom. The first-order chi connectivity index (χ1) is 11.9. The number of methoxy groups -OCH3 is 1. The molecule has 25 heavy (non-hydrogen) atoms. The number of aryl methyl sites for hydroxylation is 1. The second-order valence-electron chi connectivity index (χ2n) is 5.84. The molecular weight excluding hydrogens is 318 g/mol. The van der Waals surface area contributed by atoms with Gasteiger partial charge in [-0.15, -0.1) is 0 Å². The van der Waals surface area contributed by atoms with Gasteiger partial charge in [0.2, 0.25) is 5.91 Å². The van der Waals surface area contributed by atoms with Gasteiger partial charge in [-0.3, -0.25) is 14.6 Å². The summed E-state index contributed by atoms with van der Waals surface area (Å²) in [6, 6.07) is 8.80. The Kier molecular flexibility index (Phi) is 6.11. The summed E-state index contributed by atoms with van der Waals surface area (Å²) < 4.78 is 5.39. The smallest absolute Gasteiger partial charge is 0.251 e. The van der Waals surface area contributed by atoms with E-state index in [2.05, 4.69) is 10.3 Å². The Morgan fingerprint density at radius 1 is 1.20 bits per heavy atom. The third kappa shape index (κ3) is 4.56. The normalized spacial score (nSPS) is 10.2. The average Bonchev–Trinajstić information content (AvgIpc) is 2.62. The molecule has 1 heterocycles. The highest BCUT2D eigenvalue weighted by atomic mass is 16.5. The van der Waals surface area contributed by atoms with Crippen molar-refractivity contribution in [3.8, 4) is 5.75 Å². The van der Waals surface area contributed by atoms with Crippen molar-refractivity contribution in [1.82, 2.24) is 15.2 Å². The van der Waals surface area contributed by atoms with Crippen LogP contribution in [-0.4, -0.2) is 42.4 Å². The molecule has 1 aromatic heterocycles. The van der Waals surface area contributed by atoms with E-state index in [1.165, 1.54) is 4.90 Å². The van der Waals surface area contributed by atoms with E-state index in [4.69, 9.17) is 4.74 Å². The van der Waals surface area contributed by atoms with Gasteiger partial charge in [0.25, 0.3) is 5.91 Å². The number of carbonyl (C=O) groups excluding carboxylic acids is 2. The highest BCUT2D eigenvalue weighted by Crippen LogP contribution is 2.24. The van der Waals surface area contributed by atoms with Crippen LogP contribution in [0.25, 0.3) is 0 Å². The fourth-order valence-electron chi connectivity index (χ4n) is 2.53. The highest BCUT2D eigenvalue weighted by Gasteiger charge is 2.15. The van der Waals surface area contributed by atoms with Crippen molar-refractivity contribution in [3.63, 3.8) is 0 Å². The van der Waals surface area contributed by atoms with Crippen LogP contribution in [0.1, 0.15) is 27.2 Å². The Bertz CT molecular complexity index is 760. The van der Waals surface area contributed by atoms with E-state index in [9.17, 15) is 9.59 Å². The molecule has 6 heteroatoms. The molecule has 0 unspecified atom stereocenters. The zero-order valence-corrected chi connectivity index (χ0v) is 15.0. The number of nitrogens with one attached hydrogen (secondary N) is 1. The number of hydrogen-bond donors (Lipinski definition) is 1. The topological polar surface area (TPSA) is 71.5 Å². The lowest BCUT2D eigenvalue weighted by Crippen LogP contribution is -2.38. The molecule has 0 bridgehead atoms. The Hall–Kier alpha value is -2.89. The molecular formula is C19H23N3O3. The van der Waals surface area contributed by atoms with Gasteiger partial charge in [0.15, 0.2) is 0 Å². The Balaban J connectivity index is 1.96. The molecule has 2 amide bonds. The SMILES string of the molecule is COc1c(C)cnc(CN(C)C(=O)CNC(=O)c2ccccc2)c1C. The molecule has 2 aromatic rings. The lowest BCUT2D eigenvalue weighted by molar-refractivity contribution is -0.129. The number of benzene rings is 1. The maximum atomic E-state index is 12.3. The molecule has 132 valence electrons. The molecule has 0 aliphatic rings. The number of rotatable bonds is 6. The summed E-state index contributed by atoms with van der Waals surface area (Å²) in [7, 11) is 3.30. The van der Waals surface area contributed by atoms with E-state index >= 15 is 0 Å². The number of likely N-dealkylation sites (N-methyl/N-ethyl adjacent to an activating group) is 1. The summed E-state index contributed by atoms with van der Waals surface area (Å²) in [4.78, 5) is 30.2. The van der Waals surface area contributed by atoms with Crippen LogP contribution in [0.4, 0.5) is 0 Å². The van der Waals surface area contributed by atoms with Gasteiger partial charge in [0, 0.05) is 29.9 Å². The molecule has 0 radical (unpaired) electrons. The summed E-state index contributed by atoms with van der Waals surface area (Å²) in [5, 5.41) is 2.64. The molecule has 0 spiro atoms. The second-order valence-corrected chi connectivity index (χ2v) is 5.84. The van der Waals surface area contributed by atoms with E-state index in [1.54, 1.807) is 44.6 Å². The highest BCUT2D eigenvalue weighted by molar-refractivity contribution is 5.96. The maximum Gasteiger partial charge on any atom is 0.251 e. The first kappa shape index (κ1) is 18.4. The third-order valence-corrected chi connectivity index (χ3v) is 4.00. The van der Waals surface area contributed by atoms with Gasteiger partial charge in [-0.1, -0.05) is 18.2 Å². The number of carbonyl (C=O) groups is 2. The molecule has 0 fully saturated rings. The van der Waals surface area contributed by atoms with E-state index in [0.717, 1.165) is 22.6 Å². The summed E-state index contributed by atoms with van der Waals surface area (Å²) in [5.41, 5.74) is 3.16. The van der Waals surface area contributed by atoms with Gasteiger partial charge in [-0.25, -0.2) is 0 Å². The fraction of sp³-hybridized carbons (Fsp3) is 0.316. The molecule has 1 N–H and O–H groups in total. The van der Waals surface area contributed by atoms with Crippen molar-refractivity contribution < 1.29 is 14.3 Å². The largest absolute Gasteiger partial charge is 0.496 e. The minimum atomic E-state index is -0.270. The second kappa shape index (κ2) is 8.28. The molecule has 6 nitrogen and oxygen atoms in total. The quantitative estimate of drug-likeness (QED) is 0.873. The standard InChI is InChI=1S/C19H23N3O3/c1-13-10-20-16(14(2)18(13)25-4)12-22(3)17(23)11-21-19(24)15-8-6-5-7-9-15/h5-10H,11-12H2,1-4H3,(H,21,24). The summed E-state index contributed by atoms with van der Waals surface area (Å²) in [5.74, 6) is 0.321. The van der Waals surface area contributed by atoms with Crippen LogP contribution < -0.4 is 10.1 Å². The predicted octanol–water partition coefficient (Wildman–Crippen LogP) is 2.10. The number of aromatic nitrogens is 1. The minimum absolute atomic E-state index is 0.0632. The molecule has 0 saturated heterocycles. The van der Waals surface area contributed by atoms with Crippen molar-refractivity contribution in [3.05, 3.63) is 58.9 Å². The van der Waals surface area contributed by atoms with Gasteiger partial charge in [-0.2, -0.15) is 0 Å². The zero-order chi connectivity index (χ0) is 18.4. The fourth-order valence-corrected chi connectivity index (χ4v) is 2.53. The van der Waals surface area contributed by atoms with Gasteiger partial charge in [0.1, 0.15) is 5.75 Å². The average molecular weight is 341 g/mol. The van der Waals surface area contributed by atoms with Gasteiger partial charge < -0.3 is 15.0 Å². The van der Waals surface area contributed by atoms with E-state index in [0.29, 0.717) is 12.1 Å². The van der Waals surface area contributed by atoms with Gasteiger partial charge in [-0.05, 0) is 26.0 Å². The first-order valence-electron chi connectivity index (χ1n) is 8.00. The molecule has 0 atom stereocenters. The number of pyridine rings is 1. The van der Waals surface area contributed by atoms with Crippen molar-refractivity contribution in [2.24, 2.45) is 0 Å². The summed E-state index contributed by atoms with van der Waals surface area (Å²) in [6.07, 6.45) is 1.73. The van der Waals surface area contributed by atoms with Crippen LogP contribution >= 0.6 is 0 Å². The lowest BCUT2D eigenvalue weighted by atomic mass is 10.1. The molecule has 2 rings (SSSR count). The number of hydrogen-bond acceptors (Lipinski definition) is 4. The predicted molar refractivity (Wildman–Crippen MR) is 95.5 cm³/mol. The van der Waals surface area contributed by atoms with E-state index in [1.807, 2.05) is 19.9 Å². The summed E-state index contributed by atoms with van der Waals surface area (Å²) in [6.45, 7) is 4.13. The molecule has 0 aliphatic carbocycles. The van der Waals surface area contributed by atoms with Crippen molar-refractivity contribution in [2.45, 2.75) is 20.4 Å². The summed E-state index contributed by atoms with van der Waals surface area (Å²) >= 11 is 0. The van der Waals surface area contributed by atoms with Crippen LogP contribution in [0, 0.1) is 13.8 Å². The van der Waals surface area contributed by atoms with Crippen molar-refractivity contribution >= 4 is 11.8 Å². The molecule has 0 aliphatic heterocycles. The van der Waals surface area contributed by atoms with Crippen LogP contribution in [0.5, 0.6) is 5.75 Å². The zero-order valence-electron chi connectivity index (χ0n) is 15.0. The van der Waals surface area contributed by atoms with Crippen LogP contribution in [-0.2, 0) is 11.3 Å². The van der Waals surface area contributed by atoms with Crippen LogP contribution in [0.15, 0.2) is 36.5 Å².